The van der Waals surface area contributed by atoms with Crippen LogP contribution in [0.25, 0.3) is 0 Å². The average molecular weight is 548 g/mol. The van der Waals surface area contributed by atoms with Crippen molar-refractivity contribution in [2.75, 3.05) is 29.9 Å². The number of carbonyl (C=O) groups excluding carboxylic acids is 1. The molecule has 0 spiro atoms. The molecule has 0 aromatic heterocycles. The van der Waals surface area contributed by atoms with Crippen molar-refractivity contribution >= 4 is 23.3 Å². The number of para-hydroxylation sites is 1. The van der Waals surface area contributed by atoms with E-state index in [4.69, 9.17) is 0 Å². The number of carbonyl (C=O) groups is 2. The molecule has 2 N–H and O–H groups in total. The topological polar surface area (TPSA) is 84.3 Å². The lowest BCUT2D eigenvalue weighted by molar-refractivity contribution is -0.162. The van der Waals surface area contributed by atoms with Crippen molar-refractivity contribution in [1.82, 2.24) is 4.90 Å². The van der Waals surface area contributed by atoms with Crippen LogP contribution in [0.1, 0.15) is 51.9 Å². The van der Waals surface area contributed by atoms with Crippen LogP contribution < -0.4 is 9.80 Å². The quantitative estimate of drug-likeness (QED) is 0.448. The van der Waals surface area contributed by atoms with E-state index in [0.717, 1.165) is 11.8 Å². The number of carboxylic acids is 1. The number of hydrogen-bond donors (Lipinski definition) is 2. The van der Waals surface area contributed by atoms with Crippen LogP contribution >= 0.6 is 0 Å². The van der Waals surface area contributed by atoms with Crippen molar-refractivity contribution in [2.45, 2.75) is 69.7 Å². The molecule has 212 valence electrons. The van der Waals surface area contributed by atoms with Gasteiger partial charge in [-0.2, -0.15) is 0 Å². The number of anilines is 2. The molecule has 0 radical (unpaired) electrons. The zero-order chi connectivity index (χ0) is 28.4. The van der Waals surface area contributed by atoms with Gasteiger partial charge < -0.3 is 20.0 Å². The highest BCUT2D eigenvalue weighted by Gasteiger charge is 2.49. The van der Waals surface area contributed by atoms with Gasteiger partial charge in [0.25, 0.3) is 0 Å². The summed E-state index contributed by atoms with van der Waals surface area (Å²) < 4.78 is 42.8. The zero-order valence-electron chi connectivity index (χ0n) is 22.3. The molecule has 2 unspecified atom stereocenters. The van der Waals surface area contributed by atoms with E-state index in [0.29, 0.717) is 6.42 Å². The lowest BCUT2D eigenvalue weighted by atomic mass is 9.74. The standard InChI is InChI=1S/C29H36F3N3O4/c1-27(39,33(2)22-9-4-3-5-10-22)34-16-14-28(15-17-34,26(37)38)20-25(36)35(23-11-6-8-21(30)18-23)24-12-7-13-29(31,32)19-24/h3-6,8-11,18,24,39H,7,12-17,19-20H2,1-2H3,(H,37,38). The van der Waals surface area contributed by atoms with Crippen molar-refractivity contribution in [1.29, 1.82) is 0 Å². The summed E-state index contributed by atoms with van der Waals surface area (Å²) in [5, 5.41) is 21.6. The monoisotopic (exact) mass is 547 g/mol. The van der Waals surface area contributed by atoms with Crippen LogP contribution in [0.2, 0.25) is 0 Å². The highest BCUT2D eigenvalue weighted by atomic mass is 19.3. The highest BCUT2D eigenvalue weighted by molar-refractivity contribution is 5.97. The molecule has 1 saturated carbocycles. The average Bonchev–Trinajstić information content (AvgIpc) is 2.88. The maximum absolute atomic E-state index is 14.3. The Morgan fingerprint density at radius 2 is 1.69 bits per heavy atom. The van der Waals surface area contributed by atoms with Crippen LogP contribution in [0.3, 0.4) is 0 Å². The number of likely N-dealkylation sites (tertiary alicyclic amines) is 1. The first-order valence-electron chi connectivity index (χ1n) is 13.3. The second-order valence-electron chi connectivity index (χ2n) is 11.0. The zero-order valence-corrected chi connectivity index (χ0v) is 22.3. The van der Waals surface area contributed by atoms with Crippen LogP contribution in [-0.2, 0) is 9.59 Å². The number of nitrogens with zero attached hydrogens (tertiary/aromatic N) is 3. The van der Waals surface area contributed by atoms with E-state index in [1.54, 1.807) is 23.8 Å². The fourth-order valence-electron chi connectivity index (χ4n) is 5.86. The van der Waals surface area contributed by atoms with E-state index in [-0.39, 0.29) is 44.5 Å². The lowest BCUT2D eigenvalue weighted by Crippen LogP contribution is -2.61. The first-order chi connectivity index (χ1) is 18.3. The van der Waals surface area contributed by atoms with Crippen LogP contribution in [0, 0.1) is 11.2 Å². The van der Waals surface area contributed by atoms with Crippen molar-refractivity contribution < 1.29 is 33.0 Å². The van der Waals surface area contributed by atoms with E-state index in [1.165, 1.54) is 23.1 Å². The number of hydrogen-bond acceptors (Lipinski definition) is 5. The molecule has 1 aliphatic carbocycles. The molecular formula is C29H36F3N3O4. The number of rotatable bonds is 8. The molecule has 1 saturated heterocycles. The normalized spacial score (nSPS) is 22.5. The number of amides is 1. The number of piperidine rings is 1. The molecule has 1 heterocycles. The molecule has 39 heavy (non-hydrogen) atoms. The number of aliphatic carboxylic acids is 1. The summed E-state index contributed by atoms with van der Waals surface area (Å²) in [5.41, 5.74) is -0.520. The van der Waals surface area contributed by atoms with E-state index in [2.05, 4.69) is 0 Å². The van der Waals surface area contributed by atoms with Gasteiger partial charge in [0.05, 0.1) is 5.41 Å². The van der Waals surface area contributed by atoms with Gasteiger partial charge in [0.1, 0.15) is 5.82 Å². The second kappa shape index (κ2) is 11.2. The first kappa shape index (κ1) is 28.9. The molecule has 4 rings (SSSR count). The summed E-state index contributed by atoms with van der Waals surface area (Å²) in [5.74, 6) is -6.76. The number of halogens is 3. The predicted octanol–water partition coefficient (Wildman–Crippen LogP) is 5.10. The third kappa shape index (κ3) is 6.22. The Balaban J connectivity index is 1.54. The third-order valence-corrected chi connectivity index (χ3v) is 8.38. The van der Waals surface area contributed by atoms with Gasteiger partial charge >= 0.3 is 5.97 Å². The van der Waals surface area contributed by atoms with Crippen molar-refractivity contribution in [2.24, 2.45) is 5.41 Å². The van der Waals surface area contributed by atoms with Crippen LogP contribution in [0.5, 0.6) is 0 Å². The molecule has 1 aliphatic heterocycles. The number of benzene rings is 2. The fraction of sp³-hybridized carbons (Fsp3) is 0.517. The maximum Gasteiger partial charge on any atom is 0.310 e. The fourth-order valence-corrected chi connectivity index (χ4v) is 5.86. The van der Waals surface area contributed by atoms with Crippen molar-refractivity contribution in [3.63, 3.8) is 0 Å². The summed E-state index contributed by atoms with van der Waals surface area (Å²) in [6.45, 7) is 2.03. The van der Waals surface area contributed by atoms with Gasteiger partial charge in [-0.3, -0.25) is 14.5 Å². The summed E-state index contributed by atoms with van der Waals surface area (Å²) in [7, 11) is 1.74. The minimum Gasteiger partial charge on any atom is -0.481 e. The molecular weight excluding hydrogens is 511 g/mol. The highest BCUT2D eigenvalue weighted by Crippen LogP contribution is 2.42. The van der Waals surface area contributed by atoms with Crippen molar-refractivity contribution in [3.05, 3.63) is 60.4 Å². The molecule has 2 aromatic rings. The Hall–Kier alpha value is -3.11. The van der Waals surface area contributed by atoms with Crippen LogP contribution in [0.15, 0.2) is 54.6 Å². The number of aliphatic hydroxyl groups is 1. The number of carboxylic acid groups (broad SMARTS) is 1. The second-order valence-corrected chi connectivity index (χ2v) is 11.0. The molecule has 7 nitrogen and oxygen atoms in total. The molecule has 2 atom stereocenters. The summed E-state index contributed by atoms with van der Waals surface area (Å²) in [6, 6.07) is 13.6. The van der Waals surface area contributed by atoms with E-state index >= 15 is 0 Å². The Labute approximate surface area is 226 Å². The molecule has 2 fully saturated rings. The van der Waals surface area contributed by atoms with E-state index < -0.39 is 53.8 Å². The Bertz CT molecular complexity index is 1170. The van der Waals surface area contributed by atoms with Crippen LogP contribution in [0.4, 0.5) is 24.5 Å². The van der Waals surface area contributed by atoms with Gasteiger partial charge in [-0.1, -0.05) is 24.3 Å². The summed E-state index contributed by atoms with van der Waals surface area (Å²) >= 11 is 0. The third-order valence-electron chi connectivity index (χ3n) is 8.38. The molecule has 10 heteroatoms. The summed E-state index contributed by atoms with van der Waals surface area (Å²) in [6.07, 6.45) is -0.570. The largest absolute Gasteiger partial charge is 0.481 e. The minimum atomic E-state index is -2.96. The Morgan fingerprint density at radius 3 is 2.28 bits per heavy atom. The van der Waals surface area contributed by atoms with Gasteiger partial charge in [-0.25, -0.2) is 13.2 Å². The Kier molecular flexibility index (Phi) is 8.28. The Morgan fingerprint density at radius 1 is 1.05 bits per heavy atom. The van der Waals surface area contributed by atoms with Gasteiger partial charge in [0.2, 0.25) is 11.8 Å². The molecule has 2 aromatic carbocycles. The predicted molar refractivity (Wildman–Crippen MR) is 142 cm³/mol. The smallest absolute Gasteiger partial charge is 0.310 e. The van der Waals surface area contributed by atoms with Gasteiger partial charge in [-0.15, -0.1) is 0 Å². The summed E-state index contributed by atoms with van der Waals surface area (Å²) in [4.78, 5) is 31.0. The minimum absolute atomic E-state index is 0.0741. The maximum atomic E-state index is 14.3. The van der Waals surface area contributed by atoms with Gasteiger partial charge in [0, 0.05) is 56.8 Å². The van der Waals surface area contributed by atoms with Crippen molar-refractivity contribution in [3.8, 4) is 0 Å². The molecule has 1 amide bonds. The molecule has 2 aliphatic rings. The van der Waals surface area contributed by atoms with E-state index in [1.807, 2.05) is 30.3 Å². The van der Waals surface area contributed by atoms with Gasteiger partial charge in [-0.05, 0) is 62.9 Å². The molecule has 0 bridgehead atoms. The lowest BCUT2D eigenvalue weighted by Gasteiger charge is -2.49. The van der Waals surface area contributed by atoms with Crippen LogP contribution in [-0.4, -0.2) is 64.9 Å². The number of alkyl halides is 2. The SMILES string of the molecule is CN(c1ccccc1)C(C)(O)N1CCC(CC(=O)N(c2cccc(F)c2)C2CCCC(F)(F)C2)(C(=O)O)CC1. The van der Waals surface area contributed by atoms with E-state index in [9.17, 15) is 33.0 Å². The van der Waals surface area contributed by atoms with Gasteiger partial charge in [0.15, 0.2) is 5.85 Å². The first-order valence-corrected chi connectivity index (χ1v) is 13.3.